The van der Waals surface area contributed by atoms with Gasteiger partial charge in [0.25, 0.3) is 0 Å². The molecule has 1 unspecified atom stereocenters. The van der Waals surface area contributed by atoms with Crippen molar-refractivity contribution in [1.29, 1.82) is 0 Å². The van der Waals surface area contributed by atoms with E-state index in [2.05, 4.69) is 15.5 Å². The monoisotopic (exact) mass is 433 g/mol. The molecule has 2 N–H and O–H groups in total. The van der Waals surface area contributed by atoms with Crippen LogP contribution in [0.4, 0.5) is 0 Å². The number of carbonyl (C=O) groups excluding carboxylic acids is 3. The van der Waals surface area contributed by atoms with Gasteiger partial charge in [0.05, 0.1) is 32.9 Å². The average Bonchev–Trinajstić information content (AvgIpc) is 2.76. The predicted octanol–water partition coefficient (Wildman–Crippen LogP) is 1.66. The van der Waals surface area contributed by atoms with Gasteiger partial charge in [-0.15, -0.1) is 0 Å². The van der Waals surface area contributed by atoms with E-state index in [1.807, 2.05) is 44.2 Å². The molecule has 0 saturated carbocycles. The maximum Gasteiger partial charge on any atom is 0.328 e. The molecule has 1 aliphatic rings. The summed E-state index contributed by atoms with van der Waals surface area (Å²) in [5, 5.41) is 5.84. The van der Waals surface area contributed by atoms with Crippen molar-refractivity contribution in [2.45, 2.75) is 45.2 Å². The third-order valence-electron chi connectivity index (χ3n) is 5.20. The number of morpholine rings is 1. The number of benzene rings is 1. The number of nitrogens with one attached hydrogen (secondary N) is 2. The molecule has 8 heteroatoms. The van der Waals surface area contributed by atoms with Crippen molar-refractivity contribution in [3.8, 4) is 0 Å². The predicted molar refractivity (Wildman–Crippen MR) is 117 cm³/mol. The van der Waals surface area contributed by atoms with Crippen molar-refractivity contribution < 1.29 is 23.9 Å². The third-order valence-corrected chi connectivity index (χ3v) is 5.20. The summed E-state index contributed by atoms with van der Waals surface area (Å²) in [6.07, 6.45) is 1.13. The Bertz CT molecular complexity index is 704. The van der Waals surface area contributed by atoms with Gasteiger partial charge in [-0.2, -0.15) is 0 Å². The molecule has 1 fully saturated rings. The van der Waals surface area contributed by atoms with Crippen LogP contribution in [0, 0.1) is 5.92 Å². The number of esters is 1. The van der Waals surface area contributed by atoms with E-state index in [1.165, 1.54) is 7.11 Å². The summed E-state index contributed by atoms with van der Waals surface area (Å²) in [5.74, 6) is -0.524. The Kier molecular flexibility index (Phi) is 10.5. The summed E-state index contributed by atoms with van der Waals surface area (Å²) in [6, 6.07) is 8.65. The maximum absolute atomic E-state index is 12.6. The number of ether oxygens (including phenoxy) is 2. The van der Waals surface area contributed by atoms with Gasteiger partial charge in [0, 0.05) is 19.5 Å². The highest BCUT2D eigenvalue weighted by Gasteiger charge is 2.24. The molecule has 2 amide bonds. The van der Waals surface area contributed by atoms with Gasteiger partial charge < -0.3 is 20.1 Å². The first kappa shape index (κ1) is 24.8. The number of hydrogen-bond acceptors (Lipinski definition) is 6. The average molecular weight is 434 g/mol. The van der Waals surface area contributed by atoms with Crippen LogP contribution in [0.5, 0.6) is 0 Å². The van der Waals surface area contributed by atoms with Crippen molar-refractivity contribution in [2.24, 2.45) is 5.92 Å². The highest BCUT2D eigenvalue weighted by Crippen LogP contribution is 2.19. The smallest absolute Gasteiger partial charge is 0.328 e. The molecule has 31 heavy (non-hydrogen) atoms. The standard InChI is InChI=1S/C23H35N3O5/c1-17(2)15-20(23(29)30-3)25-21(27)10-9-19(18-7-5-4-6-8-18)24-22(28)16-26-11-13-31-14-12-26/h4-8,17,19-20H,9-16H2,1-3H3,(H,24,28)(H,25,27)/t19?,20-/m0/s1. The molecule has 0 bridgehead atoms. The normalized spacial score (nSPS) is 16.4. The molecule has 2 rings (SSSR count). The Balaban J connectivity index is 1.95. The fourth-order valence-electron chi connectivity index (χ4n) is 3.58. The molecule has 1 aromatic carbocycles. The quantitative estimate of drug-likeness (QED) is 0.515. The lowest BCUT2D eigenvalue weighted by Crippen LogP contribution is -2.44. The summed E-state index contributed by atoms with van der Waals surface area (Å²) >= 11 is 0. The van der Waals surface area contributed by atoms with E-state index < -0.39 is 12.0 Å². The first-order valence-electron chi connectivity index (χ1n) is 10.9. The molecule has 0 spiro atoms. The Morgan fingerprint density at radius 2 is 1.74 bits per heavy atom. The Labute approximate surface area is 184 Å². The molecule has 1 aromatic rings. The van der Waals surface area contributed by atoms with Crippen LogP contribution in [0.25, 0.3) is 0 Å². The van der Waals surface area contributed by atoms with Crippen molar-refractivity contribution >= 4 is 17.8 Å². The fourth-order valence-corrected chi connectivity index (χ4v) is 3.58. The Hall–Kier alpha value is -2.45. The lowest BCUT2D eigenvalue weighted by Gasteiger charge is -2.27. The van der Waals surface area contributed by atoms with Crippen LogP contribution in [0.2, 0.25) is 0 Å². The van der Waals surface area contributed by atoms with Gasteiger partial charge in [0.1, 0.15) is 6.04 Å². The van der Waals surface area contributed by atoms with Crippen molar-refractivity contribution in [1.82, 2.24) is 15.5 Å². The zero-order valence-corrected chi connectivity index (χ0v) is 18.8. The second-order valence-corrected chi connectivity index (χ2v) is 8.23. The van der Waals surface area contributed by atoms with Crippen molar-refractivity contribution in [3.63, 3.8) is 0 Å². The van der Waals surface area contributed by atoms with Gasteiger partial charge in [-0.3, -0.25) is 14.5 Å². The molecule has 8 nitrogen and oxygen atoms in total. The molecule has 1 heterocycles. The van der Waals surface area contributed by atoms with E-state index in [0.29, 0.717) is 32.6 Å². The lowest BCUT2D eigenvalue weighted by molar-refractivity contribution is -0.145. The minimum atomic E-state index is -0.663. The highest BCUT2D eigenvalue weighted by atomic mass is 16.5. The molecule has 0 aliphatic carbocycles. The van der Waals surface area contributed by atoms with Crippen molar-refractivity contribution in [3.05, 3.63) is 35.9 Å². The van der Waals surface area contributed by atoms with Crippen molar-refractivity contribution in [2.75, 3.05) is 40.0 Å². The molecule has 172 valence electrons. The molecule has 0 aromatic heterocycles. The molecule has 1 aliphatic heterocycles. The summed E-state index contributed by atoms with van der Waals surface area (Å²) in [6.45, 7) is 7.00. The summed E-state index contributed by atoms with van der Waals surface area (Å²) in [4.78, 5) is 39.2. The van der Waals surface area contributed by atoms with Crippen LogP contribution in [-0.2, 0) is 23.9 Å². The van der Waals surface area contributed by atoms with E-state index in [9.17, 15) is 14.4 Å². The maximum atomic E-state index is 12.6. The summed E-state index contributed by atoms with van der Waals surface area (Å²) in [7, 11) is 1.32. The number of amides is 2. The third kappa shape index (κ3) is 9.06. The SMILES string of the molecule is COC(=O)[C@H](CC(C)C)NC(=O)CCC(NC(=O)CN1CCOCC1)c1ccccc1. The Morgan fingerprint density at radius 3 is 2.35 bits per heavy atom. The molecular weight excluding hydrogens is 398 g/mol. The first-order chi connectivity index (χ1) is 14.9. The topological polar surface area (TPSA) is 97.0 Å². The van der Waals surface area contributed by atoms with Gasteiger partial charge in [-0.05, 0) is 24.3 Å². The number of nitrogens with zero attached hydrogens (tertiary/aromatic N) is 1. The van der Waals surface area contributed by atoms with Gasteiger partial charge in [0.15, 0.2) is 0 Å². The van der Waals surface area contributed by atoms with Crippen LogP contribution >= 0.6 is 0 Å². The van der Waals surface area contributed by atoms with E-state index in [1.54, 1.807) is 0 Å². The highest BCUT2D eigenvalue weighted by molar-refractivity contribution is 5.84. The van der Waals surface area contributed by atoms with Gasteiger partial charge in [-0.1, -0.05) is 44.2 Å². The lowest BCUT2D eigenvalue weighted by atomic mass is 10.0. The first-order valence-corrected chi connectivity index (χ1v) is 10.9. The van der Waals surface area contributed by atoms with Crippen LogP contribution in [-0.4, -0.2) is 68.7 Å². The number of rotatable bonds is 11. The fraction of sp³-hybridized carbons (Fsp3) is 0.609. The van der Waals surface area contributed by atoms with E-state index in [0.717, 1.165) is 18.7 Å². The minimum absolute atomic E-state index is 0.0802. The van der Waals surface area contributed by atoms with Crippen LogP contribution in [0.15, 0.2) is 30.3 Å². The molecule has 2 atom stereocenters. The van der Waals surface area contributed by atoms with Crippen LogP contribution in [0.1, 0.15) is 44.7 Å². The van der Waals surface area contributed by atoms with E-state index >= 15 is 0 Å². The largest absolute Gasteiger partial charge is 0.467 e. The van der Waals surface area contributed by atoms with Crippen LogP contribution < -0.4 is 10.6 Å². The zero-order chi connectivity index (χ0) is 22.6. The summed E-state index contributed by atoms with van der Waals surface area (Å²) < 4.78 is 10.1. The molecule has 1 saturated heterocycles. The number of hydrogen-bond donors (Lipinski definition) is 2. The van der Waals surface area contributed by atoms with Gasteiger partial charge in [0.2, 0.25) is 11.8 Å². The van der Waals surface area contributed by atoms with Gasteiger partial charge in [-0.25, -0.2) is 4.79 Å². The minimum Gasteiger partial charge on any atom is -0.467 e. The molecular formula is C23H35N3O5. The van der Waals surface area contributed by atoms with Gasteiger partial charge >= 0.3 is 5.97 Å². The number of carbonyl (C=O) groups is 3. The van der Waals surface area contributed by atoms with Crippen LogP contribution in [0.3, 0.4) is 0 Å². The summed E-state index contributed by atoms with van der Waals surface area (Å²) in [5.41, 5.74) is 0.942. The van der Waals surface area contributed by atoms with E-state index in [4.69, 9.17) is 9.47 Å². The zero-order valence-electron chi connectivity index (χ0n) is 18.8. The second kappa shape index (κ2) is 13.1. The second-order valence-electron chi connectivity index (χ2n) is 8.23. The van der Waals surface area contributed by atoms with E-state index in [-0.39, 0.29) is 30.2 Å². The molecule has 0 radical (unpaired) electrons. The Morgan fingerprint density at radius 1 is 1.06 bits per heavy atom. The number of methoxy groups -OCH3 is 1.